The Bertz CT molecular complexity index is 385. The summed E-state index contributed by atoms with van der Waals surface area (Å²) in [5.74, 6) is 1.24. The molecule has 1 aliphatic carbocycles. The van der Waals surface area contributed by atoms with Gasteiger partial charge in [0, 0.05) is 12.7 Å². The van der Waals surface area contributed by atoms with Gasteiger partial charge in [0.25, 0.3) is 0 Å². The number of para-hydroxylation sites is 1. The van der Waals surface area contributed by atoms with Crippen molar-refractivity contribution in [2.45, 2.75) is 45.0 Å². The fourth-order valence-corrected chi connectivity index (χ4v) is 2.27. The topological polar surface area (TPSA) is 38.7 Å². The third-order valence-corrected chi connectivity index (χ3v) is 3.27. The maximum atomic E-state index is 10.5. The molecule has 0 radical (unpaired) electrons. The standard InChI is InChI=1S/C15H22O3/c1-10(2)18-13-7-5-4-6-12(13)14(16)15(17-3)11-8-9-11/h4-7,10-11,14-16H,8-9H2,1-3H3. The van der Waals surface area contributed by atoms with Crippen LogP contribution < -0.4 is 4.74 Å². The zero-order valence-electron chi connectivity index (χ0n) is 11.3. The molecule has 1 aromatic rings. The van der Waals surface area contributed by atoms with Gasteiger partial charge in [-0.25, -0.2) is 0 Å². The second-order valence-electron chi connectivity index (χ2n) is 5.19. The average Bonchev–Trinajstić information content (AvgIpc) is 3.14. The molecule has 2 atom stereocenters. The normalized spacial score (nSPS) is 18.7. The molecule has 2 rings (SSSR count). The van der Waals surface area contributed by atoms with Gasteiger partial charge >= 0.3 is 0 Å². The second kappa shape index (κ2) is 5.72. The molecule has 1 fully saturated rings. The zero-order chi connectivity index (χ0) is 13.1. The molecule has 0 amide bonds. The summed E-state index contributed by atoms with van der Waals surface area (Å²) in [6, 6.07) is 7.66. The van der Waals surface area contributed by atoms with Crippen molar-refractivity contribution in [2.24, 2.45) is 5.92 Å². The van der Waals surface area contributed by atoms with Crippen LogP contribution in [0.15, 0.2) is 24.3 Å². The van der Waals surface area contributed by atoms with Crippen molar-refractivity contribution in [1.82, 2.24) is 0 Å². The Hall–Kier alpha value is -1.06. The van der Waals surface area contributed by atoms with E-state index in [0.717, 1.165) is 24.2 Å². The third-order valence-electron chi connectivity index (χ3n) is 3.27. The molecule has 0 saturated heterocycles. The van der Waals surface area contributed by atoms with E-state index >= 15 is 0 Å². The van der Waals surface area contributed by atoms with Crippen molar-refractivity contribution < 1.29 is 14.6 Å². The summed E-state index contributed by atoms with van der Waals surface area (Å²) in [5, 5.41) is 10.5. The molecule has 3 heteroatoms. The van der Waals surface area contributed by atoms with Crippen molar-refractivity contribution in [3.63, 3.8) is 0 Å². The van der Waals surface area contributed by atoms with Crippen molar-refractivity contribution >= 4 is 0 Å². The van der Waals surface area contributed by atoms with Crippen LogP contribution in [-0.2, 0) is 4.74 Å². The van der Waals surface area contributed by atoms with Gasteiger partial charge in [0.2, 0.25) is 0 Å². The Labute approximate surface area is 109 Å². The number of hydrogen-bond acceptors (Lipinski definition) is 3. The predicted octanol–water partition coefficient (Wildman–Crippen LogP) is 2.93. The predicted molar refractivity (Wildman–Crippen MR) is 70.7 cm³/mol. The SMILES string of the molecule is COC(C1CC1)C(O)c1ccccc1OC(C)C. The molecular formula is C15H22O3. The number of methoxy groups -OCH3 is 1. The van der Waals surface area contributed by atoms with Crippen LogP contribution in [0.2, 0.25) is 0 Å². The maximum Gasteiger partial charge on any atom is 0.125 e. The minimum atomic E-state index is -0.613. The highest BCUT2D eigenvalue weighted by atomic mass is 16.5. The van der Waals surface area contributed by atoms with Crippen molar-refractivity contribution in [3.05, 3.63) is 29.8 Å². The lowest BCUT2D eigenvalue weighted by Gasteiger charge is -2.24. The van der Waals surface area contributed by atoms with Crippen molar-refractivity contribution in [2.75, 3.05) is 7.11 Å². The smallest absolute Gasteiger partial charge is 0.125 e. The van der Waals surface area contributed by atoms with Crippen LogP contribution in [0.1, 0.15) is 38.4 Å². The Morgan fingerprint density at radius 2 is 1.89 bits per heavy atom. The van der Waals surface area contributed by atoms with Gasteiger partial charge in [-0.1, -0.05) is 18.2 Å². The van der Waals surface area contributed by atoms with E-state index in [1.54, 1.807) is 7.11 Å². The summed E-state index contributed by atoms with van der Waals surface area (Å²) < 4.78 is 11.2. The molecular weight excluding hydrogens is 228 g/mol. The highest BCUT2D eigenvalue weighted by molar-refractivity contribution is 5.36. The number of aliphatic hydroxyl groups excluding tert-OH is 1. The largest absolute Gasteiger partial charge is 0.491 e. The number of benzene rings is 1. The first kappa shape index (κ1) is 13.4. The van der Waals surface area contributed by atoms with Gasteiger partial charge in [-0.2, -0.15) is 0 Å². The molecule has 0 heterocycles. The van der Waals surface area contributed by atoms with E-state index in [0.29, 0.717) is 5.92 Å². The van der Waals surface area contributed by atoms with Crippen LogP contribution in [0.4, 0.5) is 0 Å². The van der Waals surface area contributed by atoms with Crippen LogP contribution in [-0.4, -0.2) is 24.4 Å². The van der Waals surface area contributed by atoms with Crippen molar-refractivity contribution in [3.8, 4) is 5.75 Å². The van der Waals surface area contributed by atoms with Gasteiger partial charge in [0.15, 0.2) is 0 Å². The van der Waals surface area contributed by atoms with E-state index in [1.165, 1.54) is 0 Å². The van der Waals surface area contributed by atoms with Crippen LogP contribution in [0.3, 0.4) is 0 Å². The Morgan fingerprint density at radius 3 is 2.44 bits per heavy atom. The molecule has 1 saturated carbocycles. The average molecular weight is 250 g/mol. The third kappa shape index (κ3) is 3.03. The quantitative estimate of drug-likeness (QED) is 0.843. The van der Waals surface area contributed by atoms with Gasteiger partial charge in [-0.3, -0.25) is 0 Å². The summed E-state index contributed by atoms with van der Waals surface area (Å²) >= 11 is 0. The molecule has 0 spiro atoms. The van der Waals surface area contributed by atoms with E-state index in [1.807, 2.05) is 38.1 Å². The van der Waals surface area contributed by atoms with Gasteiger partial charge in [-0.15, -0.1) is 0 Å². The number of hydrogen-bond donors (Lipinski definition) is 1. The fourth-order valence-electron chi connectivity index (χ4n) is 2.27. The Kier molecular flexibility index (Phi) is 4.25. The van der Waals surface area contributed by atoms with E-state index < -0.39 is 6.10 Å². The lowest BCUT2D eigenvalue weighted by molar-refractivity contribution is -0.0273. The minimum Gasteiger partial charge on any atom is -0.491 e. The molecule has 18 heavy (non-hydrogen) atoms. The Balaban J connectivity index is 2.19. The van der Waals surface area contributed by atoms with Crippen LogP contribution in [0.25, 0.3) is 0 Å². The highest BCUT2D eigenvalue weighted by Gasteiger charge is 2.37. The molecule has 0 aliphatic heterocycles. The second-order valence-corrected chi connectivity index (χ2v) is 5.19. The van der Waals surface area contributed by atoms with E-state index in [-0.39, 0.29) is 12.2 Å². The zero-order valence-corrected chi connectivity index (χ0v) is 11.3. The summed E-state index contributed by atoms with van der Waals surface area (Å²) in [6.07, 6.45) is 1.64. The van der Waals surface area contributed by atoms with Gasteiger partial charge in [0.1, 0.15) is 11.9 Å². The maximum absolute atomic E-state index is 10.5. The van der Waals surface area contributed by atoms with Crippen molar-refractivity contribution in [1.29, 1.82) is 0 Å². The Morgan fingerprint density at radius 1 is 1.22 bits per heavy atom. The number of aliphatic hydroxyl groups is 1. The molecule has 0 bridgehead atoms. The van der Waals surface area contributed by atoms with E-state index in [9.17, 15) is 5.11 Å². The molecule has 1 N–H and O–H groups in total. The lowest BCUT2D eigenvalue weighted by Crippen LogP contribution is -2.24. The minimum absolute atomic E-state index is 0.0975. The van der Waals surface area contributed by atoms with E-state index in [2.05, 4.69) is 0 Å². The highest BCUT2D eigenvalue weighted by Crippen LogP contribution is 2.41. The van der Waals surface area contributed by atoms with Gasteiger partial charge < -0.3 is 14.6 Å². The summed E-state index contributed by atoms with van der Waals surface area (Å²) in [7, 11) is 1.66. The lowest BCUT2D eigenvalue weighted by atomic mass is 10.00. The van der Waals surface area contributed by atoms with Crippen LogP contribution in [0, 0.1) is 5.92 Å². The number of rotatable bonds is 6. The molecule has 100 valence electrons. The molecule has 0 aromatic heterocycles. The molecule has 3 nitrogen and oxygen atoms in total. The van der Waals surface area contributed by atoms with Gasteiger partial charge in [0.05, 0.1) is 12.2 Å². The molecule has 1 aliphatic rings. The first-order valence-corrected chi connectivity index (χ1v) is 6.60. The first-order chi connectivity index (χ1) is 8.63. The summed E-state index contributed by atoms with van der Waals surface area (Å²) in [6.45, 7) is 3.97. The molecule has 2 unspecified atom stereocenters. The monoisotopic (exact) mass is 250 g/mol. The molecule has 1 aromatic carbocycles. The van der Waals surface area contributed by atoms with Crippen LogP contribution in [0.5, 0.6) is 5.75 Å². The van der Waals surface area contributed by atoms with Crippen LogP contribution >= 0.6 is 0 Å². The number of ether oxygens (including phenoxy) is 2. The fraction of sp³-hybridized carbons (Fsp3) is 0.600. The summed E-state index contributed by atoms with van der Waals surface area (Å²) in [4.78, 5) is 0. The first-order valence-electron chi connectivity index (χ1n) is 6.60. The van der Waals surface area contributed by atoms with E-state index in [4.69, 9.17) is 9.47 Å². The summed E-state index contributed by atoms with van der Waals surface area (Å²) in [5.41, 5.74) is 0.824. The van der Waals surface area contributed by atoms with Gasteiger partial charge in [-0.05, 0) is 38.7 Å².